The molecule has 0 radical (unpaired) electrons. The molecule has 446 valence electrons. The lowest BCUT2D eigenvalue weighted by molar-refractivity contribution is -0.118. The van der Waals surface area contributed by atoms with Crippen LogP contribution in [0.4, 0.5) is 31.4 Å². The van der Waals surface area contributed by atoms with Crippen LogP contribution in [-0.4, -0.2) is 144 Å². The quantitative estimate of drug-likeness (QED) is 0.0351. The molecular formula is C62H76N9O12P. The standard InChI is InChI=1S/C62H76N9O12P/c1-10-14-30-64(9)57(73)53-36-44-42-27-32-66(48(42)21-24-50(44)68(53)60(76)79-11-2)59(75)55-38-46-43-28-33-67(49(43)22-25-52(46)70(55)62(78)81-13-4)58(74)54-37-45-41-26-31-65(47(41)20-23-51(45)69(54)61(77)80-12-3)56(72)19-16-15-17-34-82-84(83-35-18-29-63)71(39(5)6)40(7)8/h20-25,36-40H,10-19,26-28,30-35H2,1-9H3. The van der Waals surface area contributed by atoms with Crippen molar-refractivity contribution in [1.29, 1.82) is 5.26 Å². The van der Waals surface area contributed by atoms with E-state index in [1.165, 1.54) is 13.7 Å². The SMILES string of the molecule is CCCCN(C)C(=O)c1cc2c3c(ccc2n1C(=O)OCC)N(C(=O)c1cc2c4c(ccc2n1C(=O)OCC)N(C(=O)c1cc2c5c(ccc2n1C(=O)OCC)N(C(=O)CCCCCOP(OCCC#N)N(C(C)C)C(C)C)CC5)CC4)CC3. The number of amides is 4. The van der Waals surface area contributed by atoms with E-state index in [1.807, 2.05) is 13.0 Å². The first-order chi connectivity index (χ1) is 40.5. The maximum atomic E-state index is 15.1. The molecular weight excluding hydrogens is 1090 g/mol. The Hall–Kier alpha value is -7.63. The fraction of sp³-hybridized carbons (Fsp3) is 0.484. The first-order valence-electron chi connectivity index (χ1n) is 29.4. The van der Waals surface area contributed by atoms with E-state index in [0.29, 0.717) is 102 Å². The Labute approximate surface area is 490 Å². The van der Waals surface area contributed by atoms with Crippen LogP contribution in [0.3, 0.4) is 0 Å². The van der Waals surface area contributed by atoms with Gasteiger partial charge in [-0.15, -0.1) is 0 Å². The molecule has 3 aliphatic rings. The summed E-state index contributed by atoms with van der Waals surface area (Å²) in [5, 5.41) is 10.9. The average molecular weight is 1170 g/mol. The van der Waals surface area contributed by atoms with Crippen molar-refractivity contribution in [1.82, 2.24) is 23.3 Å². The van der Waals surface area contributed by atoms with Gasteiger partial charge in [0.2, 0.25) is 5.91 Å². The monoisotopic (exact) mass is 1170 g/mol. The summed E-state index contributed by atoms with van der Waals surface area (Å²) in [5.74, 6) is -1.29. The summed E-state index contributed by atoms with van der Waals surface area (Å²) in [6.07, 6.45) is 3.57. The lowest BCUT2D eigenvalue weighted by Crippen LogP contribution is -2.33. The largest absolute Gasteiger partial charge is 0.449 e. The molecule has 9 rings (SSSR count). The van der Waals surface area contributed by atoms with Gasteiger partial charge in [-0.25, -0.2) is 32.8 Å². The summed E-state index contributed by atoms with van der Waals surface area (Å²) in [6, 6.07) is 18.0. The van der Waals surface area contributed by atoms with Crippen LogP contribution in [0, 0.1) is 11.3 Å². The summed E-state index contributed by atoms with van der Waals surface area (Å²) < 4.78 is 34.9. The molecule has 0 saturated heterocycles. The summed E-state index contributed by atoms with van der Waals surface area (Å²) >= 11 is 0. The van der Waals surface area contributed by atoms with E-state index in [-0.39, 0.29) is 80.3 Å². The number of aromatic nitrogens is 3. The van der Waals surface area contributed by atoms with Gasteiger partial charge in [-0.05, 0) is 158 Å². The zero-order valence-electron chi connectivity index (χ0n) is 49.7. The van der Waals surface area contributed by atoms with Gasteiger partial charge in [-0.2, -0.15) is 5.26 Å². The van der Waals surface area contributed by atoms with Gasteiger partial charge < -0.3 is 42.9 Å². The molecule has 0 spiro atoms. The minimum Gasteiger partial charge on any atom is -0.449 e. The van der Waals surface area contributed by atoms with Crippen molar-refractivity contribution in [3.05, 3.63) is 88.4 Å². The van der Waals surface area contributed by atoms with Crippen LogP contribution in [0.15, 0.2) is 54.6 Å². The van der Waals surface area contributed by atoms with E-state index in [0.717, 1.165) is 48.1 Å². The highest BCUT2D eigenvalue weighted by Gasteiger charge is 2.38. The number of rotatable bonds is 22. The van der Waals surface area contributed by atoms with E-state index in [2.05, 4.69) is 38.4 Å². The number of nitrogens with zero attached hydrogens (tertiary/aromatic N) is 9. The number of anilines is 3. The number of fused-ring (bicyclic) bond motifs is 9. The predicted octanol–water partition coefficient (Wildman–Crippen LogP) is 11.6. The molecule has 0 fully saturated rings. The molecule has 3 aliphatic heterocycles. The molecule has 3 aromatic carbocycles. The van der Waals surface area contributed by atoms with Gasteiger partial charge in [-0.1, -0.05) is 19.8 Å². The van der Waals surface area contributed by atoms with Crippen molar-refractivity contribution < 1.29 is 56.8 Å². The number of carbonyl (C=O) groups is 7. The highest BCUT2D eigenvalue weighted by molar-refractivity contribution is 7.44. The number of unbranched alkanes of at least 4 members (excludes halogenated alkanes) is 3. The van der Waals surface area contributed by atoms with E-state index in [1.54, 1.807) is 95.9 Å². The van der Waals surface area contributed by atoms with Crippen LogP contribution >= 0.6 is 8.53 Å². The molecule has 0 aliphatic carbocycles. The summed E-state index contributed by atoms with van der Waals surface area (Å²) in [7, 11) is 0.356. The van der Waals surface area contributed by atoms with Gasteiger partial charge in [0.25, 0.3) is 26.2 Å². The molecule has 6 aromatic rings. The van der Waals surface area contributed by atoms with Gasteiger partial charge >= 0.3 is 18.3 Å². The Morgan fingerprint density at radius 3 is 1.44 bits per heavy atom. The second kappa shape index (κ2) is 26.5. The maximum absolute atomic E-state index is 15.1. The molecule has 6 heterocycles. The average Bonchev–Trinajstić information content (AvgIpc) is 3.48. The van der Waals surface area contributed by atoms with Crippen molar-refractivity contribution in [3.8, 4) is 6.07 Å². The third-order valence-corrected chi connectivity index (χ3v) is 17.8. The van der Waals surface area contributed by atoms with E-state index in [4.69, 9.17) is 28.5 Å². The van der Waals surface area contributed by atoms with Crippen molar-refractivity contribution in [2.45, 2.75) is 132 Å². The molecule has 1 unspecified atom stereocenters. The van der Waals surface area contributed by atoms with Crippen LogP contribution in [0.2, 0.25) is 0 Å². The zero-order chi connectivity index (χ0) is 60.1. The van der Waals surface area contributed by atoms with Crippen molar-refractivity contribution in [3.63, 3.8) is 0 Å². The number of benzene rings is 3. The van der Waals surface area contributed by atoms with Crippen molar-refractivity contribution in [2.75, 3.05) is 81.0 Å². The third-order valence-electron chi connectivity index (χ3n) is 15.7. The summed E-state index contributed by atoms with van der Waals surface area (Å²) in [4.78, 5) is 106. The lowest BCUT2D eigenvalue weighted by Gasteiger charge is -2.35. The fourth-order valence-electron chi connectivity index (χ4n) is 12.0. The molecule has 21 nitrogen and oxygen atoms in total. The highest BCUT2D eigenvalue weighted by atomic mass is 31.2. The van der Waals surface area contributed by atoms with Crippen molar-refractivity contribution in [2.24, 2.45) is 0 Å². The van der Waals surface area contributed by atoms with Crippen LogP contribution in [0.1, 0.15) is 148 Å². The summed E-state index contributed by atoms with van der Waals surface area (Å²) in [6.45, 7) is 17.9. The molecule has 22 heteroatoms. The van der Waals surface area contributed by atoms with Gasteiger partial charge in [0.15, 0.2) is 0 Å². The third kappa shape index (κ3) is 11.7. The number of nitriles is 1. The molecule has 0 saturated carbocycles. The van der Waals surface area contributed by atoms with E-state index >= 15 is 9.59 Å². The predicted molar refractivity (Wildman–Crippen MR) is 321 cm³/mol. The minimum absolute atomic E-state index is 0.0200. The number of hydrogen-bond donors (Lipinski definition) is 0. The Kier molecular flexibility index (Phi) is 19.2. The fourth-order valence-corrected chi connectivity index (χ4v) is 13.6. The van der Waals surface area contributed by atoms with Gasteiger partial charge in [-0.3, -0.25) is 19.2 Å². The molecule has 3 aromatic heterocycles. The Balaban J connectivity index is 0.967. The first kappa shape index (κ1) is 60.9. The van der Waals surface area contributed by atoms with Gasteiger partial charge in [0.1, 0.15) is 17.1 Å². The molecule has 4 amide bonds. The Bertz CT molecular complexity index is 3570. The second-order valence-electron chi connectivity index (χ2n) is 21.7. The smallest absolute Gasteiger partial charge is 0.419 e. The van der Waals surface area contributed by atoms with Crippen LogP contribution in [0.5, 0.6) is 0 Å². The number of ether oxygens (including phenoxy) is 3. The molecule has 1 atom stereocenters. The molecule has 0 N–H and O–H groups in total. The Morgan fingerprint density at radius 1 is 0.571 bits per heavy atom. The maximum Gasteiger partial charge on any atom is 0.419 e. The van der Waals surface area contributed by atoms with Crippen LogP contribution in [0.25, 0.3) is 32.7 Å². The first-order valence-corrected chi connectivity index (χ1v) is 30.6. The van der Waals surface area contributed by atoms with Crippen LogP contribution in [-0.2, 0) is 47.3 Å². The zero-order valence-corrected chi connectivity index (χ0v) is 50.6. The summed E-state index contributed by atoms with van der Waals surface area (Å²) in [5.41, 5.74) is 5.82. The lowest BCUT2D eigenvalue weighted by atomic mass is 10.1. The van der Waals surface area contributed by atoms with Gasteiger partial charge in [0.05, 0.1) is 62.1 Å². The Morgan fingerprint density at radius 2 is 1.00 bits per heavy atom. The number of hydrogen-bond acceptors (Lipinski definition) is 14. The molecule has 84 heavy (non-hydrogen) atoms. The highest BCUT2D eigenvalue weighted by Crippen LogP contribution is 2.47. The van der Waals surface area contributed by atoms with E-state index < -0.39 is 38.6 Å². The minimum atomic E-state index is -1.34. The normalized spacial score (nSPS) is 14.0. The molecule has 0 bridgehead atoms. The second-order valence-corrected chi connectivity index (χ2v) is 23.1. The topological polar surface area (TPSA) is 220 Å². The van der Waals surface area contributed by atoms with E-state index in [9.17, 15) is 24.0 Å². The van der Waals surface area contributed by atoms with Crippen molar-refractivity contribution >= 4 is 100 Å². The number of carbonyl (C=O) groups excluding carboxylic acids is 7. The van der Waals surface area contributed by atoms with Crippen LogP contribution < -0.4 is 14.7 Å². The van der Waals surface area contributed by atoms with Gasteiger partial charge in [0, 0.05) is 85.0 Å².